The number of aliphatic hydroxyl groups is 1. The zero-order valence-electron chi connectivity index (χ0n) is 15.0. The molecule has 3 heterocycles. The van der Waals surface area contributed by atoms with E-state index in [-0.39, 0.29) is 11.7 Å². The summed E-state index contributed by atoms with van der Waals surface area (Å²) in [5.74, 6) is 0.895. The highest BCUT2D eigenvalue weighted by Gasteiger charge is 2.55. The molecule has 1 saturated carbocycles. The lowest BCUT2D eigenvalue weighted by Crippen LogP contribution is -2.26. The number of H-pyrrole nitrogens is 1. The van der Waals surface area contributed by atoms with E-state index in [0.29, 0.717) is 44.8 Å². The smallest absolute Gasteiger partial charge is 0.337 e. The maximum atomic E-state index is 11.5. The van der Waals surface area contributed by atoms with Gasteiger partial charge in [-0.05, 0) is 24.3 Å². The van der Waals surface area contributed by atoms with Crippen LogP contribution in [-0.2, 0) is 0 Å². The molecule has 28 heavy (non-hydrogen) atoms. The molecule has 3 N–H and O–H groups in total. The number of hydrogen-bond donors (Lipinski definition) is 3. The Morgan fingerprint density at radius 3 is 2.71 bits per heavy atom. The molecule has 2 atom stereocenters. The van der Waals surface area contributed by atoms with E-state index < -0.39 is 5.97 Å². The first-order chi connectivity index (χ1) is 13.5. The number of methoxy groups -OCH3 is 1. The van der Waals surface area contributed by atoms with Gasteiger partial charge in [-0.3, -0.25) is 0 Å². The number of rotatable bonds is 4. The molecule has 1 aliphatic heterocycles. The Balaban J connectivity index is 1.56. The van der Waals surface area contributed by atoms with Gasteiger partial charge >= 0.3 is 5.97 Å². The quantitative estimate of drug-likeness (QED) is 0.623. The average Bonchev–Trinajstić information content (AvgIpc) is 3.08. The highest BCUT2D eigenvalue weighted by Crippen LogP contribution is 2.47. The number of ether oxygens (including phenoxy) is 1. The number of carboxylic acids is 1. The molecular formula is C20H18ClN3O4. The monoisotopic (exact) mass is 399 g/mol. The van der Waals surface area contributed by atoms with Gasteiger partial charge < -0.3 is 24.8 Å². The summed E-state index contributed by atoms with van der Waals surface area (Å²) in [6.45, 7) is 1.58. The van der Waals surface area contributed by atoms with Crippen LogP contribution in [0.15, 0.2) is 30.5 Å². The molecule has 1 aliphatic carbocycles. The first-order valence-electron chi connectivity index (χ1n) is 9.00. The van der Waals surface area contributed by atoms with E-state index in [1.54, 1.807) is 19.2 Å². The van der Waals surface area contributed by atoms with Crippen molar-refractivity contribution >= 4 is 34.3 Å². The summed E-state index contributed by atoms with van der Waals surface area (Å²) in [5, 5.41) is 20.2. The minimum Gasteiger partial charge on any atom is -0.480 e. The van der Waals surface area contributed by atoms with Gasteiger partial charge in [-0.15, -0.1) is 0 Å². The standard InChI is InChI=1S/C20H18ClN3O4/c1-28-19-9(2-3-17(23-19)24-7-13-14(8-24)18(13)25)10-4-11-12(20(26)27)6-22-16(11)5-15(10)21/h2-6,13-14,18,22,25H,7-8H2,1H3,(H,26,27). The van der Waals surface area contributed by atoms with Crippen LogP contribution in [0.1, 0.15) is 10.4 Å². The summed E-state index contributed by atoms with van der Waals surface area (Å²) in [4.78, 5) is 21.2. The highest BCUT2D eigenvalue weighted by atomic mass is 35.5. The number of pyridine rings is 1. The minimum absolute atomic E-state index is 0.173. The third-order valence-corrected chi connectivity index (χ3v) is 6.11. The number of aliphatic hydroxyl groups excluding tert-OH is 1. The van der Waals surface area contributed by atoms with E-state index in [1.165, 1.54) is 6.20 Å². The van der Waals surface area contributed by atoms with Gasteiger partial charge in [0, 0.05) is 53.2 Å². The number of benzene rings is 1. The number of aromatic nitrogens is 2. The molecule has 144 valence electrons. The topological polar surface area (TPSA) is 98.7 Å². The first-order valence-corrected chi connectivity index (χ1v) is 9.38. The largest absolute Gasteiger partial charge is 0.480 e. The van der Waals surface area contributed by atoms with Crippen molar-refractivity contribution in [1.29, 1.82) is 0 Å². The van der Waals surface area contributed by atoms with Gasteiger partial charge in [-0.1, -0.05) is 11.6 Å². The van der Waals surface area contributed by atoms with Crippen molar-refractivity contribution in [3.8, 4) is 17.0 Å². The van der Waals surface area contributed by atoms with Crippen molar-refractivity contribution in [3.63, 3.8) is 0 Å². The summed E-state index contributed by atoms with van der Waals surface area (Å²) in [6.07, 6.45) is 1.28. The molecule has 0 spiro atoms. The molecule has 0 bridgehead atoms. The molecule has 2 fully saturated rings. The van der Waals surface area contributed by atoms with Crippen LogP contribution in [0.25, 0.3) is 22.0 Å². The Morgan fingerprint density at radius 1 is 1.29 bits per heavy atom. The number of fused-ring (bicyclic) bond motifs is 2. The van der Waals surface area contributed by atoms with Gasteiger partial charge in [0.15, 0.2) is 0 Å². The number of nitrogens with zero attached hydrogens (tertiary/aromatic N) is 2. The van der Waals surface area contributed by atoms with E-state index in [0.717, 1.165) is 18.9 Å². The Bertz CT molecular complexity index is 1100. The van der Waals surface area contributed by atoms with Gasteiger partial charge in [0.25, 0.3) is 0 Å². The van der Waals surface area contributed by atoms with E-state index in [1.807, 2.05) is 12.1 Å². The lowest BCUT2D eigenvalue weighted by molar-refractivity contribution is 0.0699. The molecule has 8 heteroatoms. The van der Waals surface area contributed by atoms with E-state index >= 15 is 0 Å². The molecule has 2 unspecified atom stereocenters. The minimum atomic E-state index is -1.00. The predicted molar refractivity (Wildman–Crippen MR) is 105 cm³/mol. The Morgan fingerprint density at radius 2 is 2.04 bits per heavy atom. The number of piperidine rings is 1. The van der Waals surface area contributed by atoms with Gasteiger partial charge in [0.05, 0.1) is 23.8 Å². The summed E-state index contributed by atoms with van der Waals surface area (Å²) in [5.41, 5.74) is 2.20. The number of halogens is 1. The SMILES string of the molecule is COc1nc(N2CC3C(O)C3C2)ccc1-c1cc2c(C(=O)O)c[nH]c2cc1Cl. The average molecular weight is 400 g/mol. The second-order valence-electron chi connectivity index (χ2n) is 7.33. The third-order valence-electron chi connectivity index (χ3n) is 5.80. The molecule has 5 rings (SSSR count). The number of aromatic carboxylic acids is 1. The van der Waals surface area contributed by atoms with E-state index in [9.17, 15) is 15.0 Å². The van der Waals surface area contributed by atoms with Crippen molar-refractivity contribution < 1.29 is 19.7 Å². The molecule has 7 nitrogen and oxygen atoms in total. The van der Waals surface area contributed by atoms with E-state index in [2.05, 4.69) is 14.9 Å². The van der Waals surface area contributed by atoms with Crippen LogP contribution in [0.2, 0.25) is 5.02 Å². The van der Waals surface area contributed by atoms with Crippen molar-refractivity contribution in [2.75, 3.05) is 25.1 Å². The number of hydrogen-bond acceptors (Lipinski definition) is 5. The maximum absolute atomic E-state index is 11.5. The fourth-order valence-corrected chi connectivity index (χ4v) is 4.44. The summed E-state index contributed by atoms with van der Waals surface area (Å²) < 4.78 is 5.52. The van der Waals surface area contributed by atoms with E-state index in [4.69, 9.17) is 16.3 Å². The molecule has 2 aliphatic rings. The fourth-order valence-electron chi connectivity index (χ4n) is 4.18. The highest BCUT2D eigenvalue weighted by molar-refractivity contribution is 6.34. The number of nitrogens with one attached hydrogen (secondary N) is 1. The number of anilines is 1. The Labute approximate surface area is 165 Å². The Hall–Kier alpha value is -2.77. The number of aromatic amines is 1. The predicted octanol–water partition coefficient (Wildman–Crippen LogP) is 3.02. The van der Waals surface area contributed by atoms with Gasteiger partial charge in [-0.25, -0.2) is 4.79 Å². The van der Waals surface area contributed by atoms with Crippen LogP contribution in [0, 0.1) is 11.8 Å². The van der Waals surface area contributed by atoms with Crippen molar-refractivity contribution in [1.82, 2.24) is 9.97 Å². The molecule has 1 saturated heterocycles. The Kier molecular flexibility index (Phi) is 3.79. The second-order valence-corrected chi connectivity index (χ2v) is 7.74. The normalized spacial score (nSPS) is 23.1. The van der Waals surface area contributed by atoms with Crippen LogP contribution in [0.3, 0.4) is 0 Å². The van der Waals surface area contributed by atoms with Gasteiger partial charge in [-0.2, -0.15) is 4.98 Å². The van der Waals surface area contributed by atoms with Crippen molar-refractivity contribution in [2.45, 2.75) is 6.10 Å². The molecule has 2 aromatic heterocycles. The fraction of sp³-hybridized carbons (Fsp3) is 0.300. The molecule has 1 aromatic carbocycles. The zero-order chi connectivity index (χ0) is 19.6. The first kappa shape index (κ1) is 17.3. The zero-order valence-corrected chi connectivity index (χ0v) is 15.8. The van der Waals surface area contributed by atoms with Crippen LogP contribution < -0.4 is 9.64 Å². The summed E-state index contributed by atoms with van der Waals surface area (Å²) in [6, 6.07) is 7.26. The lowest BCUT2D eigenvalue weighted by Gasteiger charge is -2.21. The van der Waals surface area contributed by atoms with Crippen LogP contribution in [0.4, 0.5) is 5.82 Å². The van der Waals surface area contributed by atoms with Crippen molar-refractivity contribution in [2.24, 2.45) is 11.8 Å². The van der Waals surface area contributed by atoms with Gasteiger partial charge in [0.1, 0.15) is 5.82 Å². The van der Waals surface area contributed by atoms with Crippen molar-refractivity contribution in [3.05, 3.63) is 41.0 Å². The molecule has 0 amide bonds. The molecule has 0 radical (unpaired) electrons. The van der Waals surface area contributed by atoms with Crippen LogP contribution >= 0.6 is 11.6 Å². The summed E-state index contributed by atoms with van der Waals surface area (Å²) >= 11 is 6.47. The van der Waals surface area contributed by atoms with Crippen LogP contribution in [0.5, 0.6) is 5.88 Å². The number of carboxylic acid groups (broad SMARTS) is 1. The summed E-state index contributed by atoms with van der Waals surface area (Å²) in [7, 11) is 1.55. The number of carbonyl (C=O) groups is 1. The van der Waals surface area contributed by atoms with Gasteiger partial charge in [0.2, 0.25) is 5.88 Å². The molecule has 3 aromatic rings. The lowest BCUT2D eigenvalue weighted by atomic mass is 10.0. The third kappa shape index (κ3) is 2.54. The van der Waals surface area contributed by atoms with Crippen LogP contribution in [-0.4, -0.2) is 52.5 Å². The molecular weight excluding hydrogens is 382 g/mol. The maximum Gasteiger partial charge on any atom is 0.337 e. The second kappa shape index (κ2) is 6.12.